The first-order chi connectivity index (χ1) is 6.76. The van der Waals surface area contributed by atoms with Gasteiger partial charge in [0.1, 0.15) is 11.5 Å². The smallest absolute Gasteiger partial charge is 0.138 e. The molecule has 0 aliphatic rings. The summed E-state index contributed by atoms with van der Waals surface area (Å²) in [6, 6.07) is 3.88. The summed E-state index contributed by atoms with van der Waals surface area (Å²) in [5.74, 6) is 1.70. The van der Waals surface area contributed by atoms with Crippen molar-refractivity contribution >= 4 is 34.1 Å². The van der Waals surface area contributed by atoms with Crippen molar-refractivity contribution in [3.63, 3.8) is 0 Å². The molecule has 0 aliphatic carbocycles. The van der Waals surface area contributed by atoms with Gasteiger partial charge in [0.2, 0.25) is 0 Å². The number of ether oxygens (including phenoxy) is 2. The fourth-order valence-electron chi connectivity index (χ4n) is 1.36. The predicted molar refractivity (Wildman–Crippen MR) is 62.2 cm³/mol. The normalized spacial score (nSPS) is 10.5. The minimum Gasteiger partial charge on any atom is -0.497 e. The summed E-state index contributed by atoms with van der Waals surface area (Å²) in [7, 11) is 3.32. The number of thiol groups is 1. The number of methoxy groups -OCH3 is 2. The van der Waals surface area contributed by atoms with Gasteiger partial charge in [-0.1, -0.05) is 0 Å². The van der Waals surface area contributed by atoms with E-state index in [1.165, 1.54) is 0 Å². The second-order valence-electron chi connectivity index (χ2n) is 2.82. The molecule has 0 unspecified atom stereocenters. The van der Waals surface area contributed by atoms with Crippen molar-refractivity contribution in [2.24, 2.45) is 0 Å². The minimum atomic E-state index is 0.826. The fourth-order valence-corrected chi connectivity index (χ4v) is 2.75. The standard InChI is InChI=1S/C10H10O2S2/c1-11-6-3-8(13)10-7(12-2)5-14-9(10)4-6/h3-5,13H,1-2H3. The Balaban J connectivity index is 2.72. The minimum absolute atomic E-state index is 0.826. The summed E-state index contributed by atoms with van der Waals surface area (Å²) in [6.45, 7) is 0. The van der Waals surface area contributed by atoms with Crippen molar-refractivity contribution in [3.8, 4) is 11.5 Å². The molecular formula is C10H10O2S2. The molecule has 0 aliphatic heterocycles. The molecule has 74 valence electrons. The van der Waals surface area contributed by atoms with E-state index < -0.39 is 0 Å². The first-order valence-electron chi connectivity index (χ1n) is 4.08. The van der Waals surface area contributed by atoms with Crippen LogP contribution in [0.4, 0.5) is 0 Å². The van der Waals surface area contributed by atoms with Gasteiger partial charge in [-0.3, -0.25) is 0 Å². The maximum Gasteiger partial charge on any atom is 0.138 e. The lowest BCUT2D eigenvalue weighted by Gasteiger charge is -2.03. The van der Waals surface area contributed by atoms with Crippen LogP contribution in [0.5, 0.6) is 11.5 Å². The topological polar surface area (TPSA) is 18.5 Å². The van der Waals surface area contributed by atoms with E-state index in [1.807, 2.05) is 17.5 Å². The Kier molecular flexibility index (Phi) is 2.56. The van der Waals surface area contributed by atoms with Crippen LogP contribution in [0.3, 0.4) is 0 Å². The zero-order chi connectivity index (χ0) is 10.1. The monoisotopic (exact) mass is 226 g/mol. The summed E-state index contributed by atoms with van der Waals surface area (Å²) >= 11 is 6.04. The number of thiophene rings is 1. The van der Waals surface area contributed by atoms with E-state index in [9.17, 15) is 0 Å². The molecule has 0 fully saturated rings. The molecule has 2 rings (SSSR count). The summed E-state index contributed by atoms with van der Waals surface area (Å²) in [5.41, 5.74) is 0. The van der Waals surface area contributed by atoms with Crippen molar-refractivity contribution in [1.29, 1.82) is 0 Å². The quantitative estimate of drug-likeness (QED) is 0.793. The Morgan fingerprint density at radius 3 is 2.64 bits per heavy atom. The number of hydrogen-bond donors (Lipinski definition) is 1. The molecule has 0 atom stereocenters. The molecule has 4 heteroatoms. The summed E-state index contributed by atoms with van der Waals surface area (Å²) in [4.78, 5) is 0.887. The lowest BCUT2D eigenvalue weighted by atomic mass is 10.2. The van der Waals surface area contributed by atoms with E-state index in [4.69, 9.17) is 9.47 Å². The highest BCUT2D eigenvalue weighted by molar-refractivity contribution is 7.80. The Morgan fingerprint density at radius 2 is 2.00 bits per heavy atom. The van der Waals surface area contributed by atoms with Gasteiger partial charge < -0.3 is 9.47 Å². The van der Waals surface area contributed by atoms with E-state index in [1.54, 1.807) is 25.6 Å². The van der Waals surface area contributed by atoms with Crippen LogP contribution in [0.25, 0.3) is 10.1 Å². The third kappa shape index (κ3) is 1.44. The molecule has 1 aromatic carbocycles. The zero-order valence-corrected chi connectivity index (χ0v) is 9.61. The average molecular weight is 226 g/mol. The maximum absolute atomic E-state index is 5.24. The van der Waals surface area contributed by atoms with E-state index in [2.05, 4.69) is 12.6 Å². The van der Waals surface area contributed by atoms with Crippen molar-refractivity contribution in [3.05, 3.63) is 17.5 Å². The SMILES string of the molecule is COc1cc(S)c2c(OC)csc2c1. The van der Waals surface area contributed by atoms with Gasteiger partial charge in [-0.05, 0) is 12.1 Å². The van der Waals surface area contributed by atoms with Gasteiger partial charge in [-0.2, -0.15) is 0 Å². The highest BCUT2D eigenvalue weighted by Gasteiger charge is 2.09. The number of fused-ring (bicyclic) bond motifs is 1. The second kappa shape index (κ2) is 3.71. The highest BCUT2D eigenvalue weighted by atomic mass is 32.1. The summed E-state index contributed by atoms with van der Waals surface area (Å²) in [5, 5.41) is 3.03. The second-order valence-corrected chi connectivity index (χ2v) is 4.22. The van der Waals surface area contributed by atoms with Crippen LogP contribution in [-0.2, 0) is 0 Å². The molecule has 0 spiro atoms. The van der Waals surface area contributed by atoms with E-state index in [0.29, 0.717) is 0 Å². The lowest BCUT2D eigenvalue weighted by Crippen LogP contribution is -1.84. The van der Waals surface area contributed by atoms with Gasteiger partial charge in [0.05, 0.1) is 14.2 Å². The van der Waals surface area contributed by atoms with Gasteiger partial charge in [0.15, 0.2) is 0 Å². The number of benzene rings is 1. The Bertz CT molecular complexity index is 462. The van der Waals surface area contributed by atoms with Crippen molar-refractivity contribution in [1.82, 2.24) is 0 Å². The summed E-state index contributed by atoms with van der Waals surface area (Å²) < 4.78 is 11.5. The molecule has 0 saturated heterocycles. The maximum atomic E-state index is 5.24. The molecule has 0 bridgehead atoms. The van der Waals surface area contributed by atoms with E-state index in [0.717, 1.165) is 26.5 Å². The van der Waals surface area contributed by atoms with Crippen LogP contribution in [0.1, 0.15) is 0 Å². The van der Waals surface area contributed by atoms with E-state index >= 15 is 0 Å². The van der Waals surface area contributed by atoms with Crippen molar-refractivity contribution in [2.75, 3.05) is 14.2 Å². The fraction of sp³-hybridized carbons (Fsp3) is 0.200. The average Bonchev–Trinajstić information content (AvgIpc) is 2.61. The molecule has 0 amide bonds. The molecular weight excluding hydrogens is 216 g/mol. The predicted octanol–water partition coefficient (Wildman–Crippen LogP) is 3.21. The summed E-state index contributed by atoms with van der Waals surface area (Å²) in [6.07, 6.45) is 0. The third-order valence-electron chi connectivity index (χ3n) is 2.05. The van der Waals surface area contributed by atoms with E-state index in [-0.39, 0.29) is 0 Å². The molecule has 14 heavy (non-hydrogen) atoms. The van der Waals surface area contributed by atoms with Crippen LogP contribution in [0.15, 0.2) is 22.4 Å². The van der Waals surface area contributed by atoms with Crippen LogP contribution in [-0.4, -0.2) is 14.2 Å². The molecule has 1 heterocycles. The Hall–Kier alpha value is -0.870. The first kappa shape index (κ1) is 9.68. The molecule has 0 radical (unpaired) electrons. The van der Waals surface area contributed by atoms with Gasteiger partial charge in [0, 0.05) is 20.4 Å². The van der Waals surface area contributed by atoms with Gasteiger partial charge in [-0.25, -0.2) is 0 Å². The van der Waals surface area contributed by atoms with Gasteiger partial charge >= 0.3 is 0 Å². The third-order valence-corrected chi connectivity index (χ3v) is 3.31. The molecule has 1 aromatic heterocycles. The van der Waals surface area contributed by atoms with Crippen LogP contribution < -0.4 is 9.47 Å². The van der Waals surface area contributed by atoms with Crippen molar-refractivity contribution in [2.45, 2.75) is 4.90 Å². The van der Waals surface area contributed by atoms with Crippen LogP contribution >= 0.6 is 24.0 Å². The molecule has 2 nitrogen and oxygen atoms in total. The lowest BCUT2D eigenvalue weighted by molar-refractivity contribution is 0.413. The molecule has 0 N–H and O–H groups in total. The van der Waals surface area contributed by atoms with Crippen LogP contribution in [0, 0.1) is 0 Å². The molecule has 0 saturated carbocycles. The largest absolute Gasteiger partial charge is 0.497 e. The highest BCUT2D eigenvalue weighted by Crippen LogP contribution is 2.38. The first-order valence-corrected chi connectivity index (χ1v) is 5.41. The number of hydrogen-bond acceptors (Lipinski definition) is 4. The van der Waals surface area contributed by atoms with Crippen molar-refractivity contribution < 1.29 is 9.47 Å². The Morgan fingerprint density at radius 1 is 1.21 bits per heavy atom. The number of rotatable bonds is 2. The van der Waals surface area contributed by atoms with Gasteiger partial charge in [-0.15, -0.1) is 24.0 Å². The van der Waals surface area contributed by atoms with Gasteiger partial charge in [0.25, 0.3) is 0 Å². The zero-order valence-electron chi connectivity index (χ0n) is 7.90. The molecule has 2 aromatic rings. The Labute approximate surface area is 91.9 Å². The van der Waals surface area contributed by atoms with Crippen LogP contribution in [0.2, 0.25) is 0 Å².